The number of hydrogen-bond acceptors (Lipinski definition) is 5. The van der Waals surface area contributed by atoms with Gasteiger partial charge in [-0.15, -0.1) is 0 Å². The number of carbonyl (C=O) groups excluding carboxylic acids is 1. The number of nitro benzene ring substituents is 1. The lowest BCUT2D eigenvalue weighted by Gasteiger charge is -2.06. The Hall–Kier alpha value is -2.89. The van der Waals surface area contributed by atoms with Gasteiger partial charge in [-0.25, -0.2) is 0 Å². The topological polar surface area (TPSA) is 101 Å². The van der Waals surface area contributed by atoms with E-state index in [2.05, 4.69) is 0 Å². The van der Waals surface area contributed by atoms with Crippen molar-refractivity contribution < 1.29 is 19.9 Å². The fourth-order valence-electron chi connectivity index (χ4n) is 2.55. The third-order valence-electron chi connectivity index (χ3n) is 3.83. The highest BCUT2D eigenvalue weighted by atomic mass is 16.6. The number of carbonyl (C=O) groups is 1. The number of aryl methyl sites for hydroxylation is 1. The van der Waals surface area contributed by atoms with Crippen LogP contribution < -0.4 is 0 Å². The normalized spacial score (nSPS) is 10.5. The molecule has 2 N–H and O–H groups in total. The SMILES string of the molecule is O=C(CCCCCc1ccccc1)c1ccc(O)c(O)c1[N+](=O)[O-]. The Kier molecular flexibility index (Phi) is 5.89. The van der Waals surface area contributed by atoms with E-state index in [9.17, 15) is 25.1 Å². The maximum absolute atomic E-state index is 12.2. The maximum atomic E-state index is 12.2. The molecule has 0 fully saturated rings. The Labute approximate surface area is 139 Å². The highest BCUT2D eigenvalue weighted by molar-refractivity contribution is 6.01. The lowest BCUT2D eigenvalue weighted by molar-refractivity contribution is -0.386. The molecular weight excluding hydrogens is 310 g/mol. The van der Waals surface area contributed by atoms with Crippen molar-refractivity contribution in [3.05, 3.63) is 63.7 Å². The summed E-state index contributed by atoms with van der Waals surface area (Å²) in [5.74, 6) is -1.88. The number of Topliss-reactive ketones (excluding diaryl/α,β-unsaturated/α-hetero) is 1. The van der Waals surface area contributed by atoms with Gasteiger partial charge in [-0.2, -0.15) is 0 Å². The molecule has 0 aliphatic heterocycles. The number of ketones is 1. The monoisotopic (exact) mass is 329 g/mol. The lowest BCUT2D eigenvalue weighted by atomic mass is 10.0. The van der Waals surface area contributed by atoms with Crippen molar-refractivity contribution >= 4 is 11.5 Å². The zero-order chi connectivity index (χ0) is 17.5. The van der Waals surface area contributed by atoms with E-state index in [0.717, 1.165) is 25.3 Å². The van der Waals surface area contributed by atoms with E-state index in [4.69, 9.17) is 0 Å². The summed E-state index contributed by atoms with van der Waals surface area (Å²) >= 11 is 0. The summed E-state index contributed by atoms with van der Waals surface area (Å²) in [6, 6.07) is 12.3. The third-order valence-corrected chi connectivity index (χ3v) is 3.83. The van der Waals surface area contributed by atoms with E-state index in [1.54, 1.807) is 0 Å². The number of nitrogens with zero attached hydrogens (tertiary/aromatic N) is 1. The largest absolute Gasteiger partial charge is 0.504 e. The number of benzene rings is 2. The molecule has 2 rings (SSSR count). The van der Waals surface area contributed by atoms with Gasteiger partial charge in [-0.1, -0.05) is 36.8 Å². The summed E-state index contributed by atoms with van der Waals surface area (Å²) in [5.41, 5.74) is 0.338. The number of aromatic hydroxyl groups is 2. The van der Waals surface area contributed by atoms with E-state index < -0.39 is 27.9 Å². The van der Waals surface area contributed by atoms with Crippen LogP contribution in [0.3, 0.4) is 0 Å². The first-order valence-corrected chi connectivity index (χ1v) is 7.77. The van der Waals surface area contributed by atoms with Crippen LogP contribution in [-0.4, -0.2) is 20.9 Å². The van der Waals surface area contributed by atoms with Crippen LogP contribution in [-0.2, 0) is 6.42 Å². The molecule has 2 aromatic carbocycles. The third kappa shape index (κ3) is 4.32. The van der Waals surface area contributed by atoms with Crippen LogP contribution >= 0.6 is 0 Å². The molecule has 0 amide bonds. The number of phenolic OH excluding ortho intramolecular Hbond substituents is 2. The van der Waals surface area contributed by atoms with Crippen molar-refractivity contribution in [1.82, 2.24) is 0 Å². The molecule has 0 unspecified atom stereocenters. The van der Waals surface area contributed by atoms with Gasteiger partial charge >= 0.3 is 5.69 Å². The smallest absolute Gasteiger partial charge is 0.325 e. The Bertz CT molecular complexity index is 728. The van der Waals surface area contributed by atoms with Crippen molar-refractivity contribution in [3.8, 4) is 11.5 Å². The zero-order valence-corrected chi connectivity index (χ0v) is 13.1. The Morgan fingerprint density at radius 3 is 2.38 bits per heavy atom. The molecule has 24 heavy (non-hydrogen) atoms. The Balaban J connectivity index is 1.89. The van der Waals surface area contributed by atoms with Crippen LogP contribution in [0.2, 0.25) is 0 Å². The summed E-state index contributed by atoms with van der Waals surface area (Å²) in [7, 11) is 0. The second-order valence-electron chi connectivity index (χ2n) is 5.56. The molecule has 2 aromatic rings. The molecule has 0 aliphatic carbocycles. The quantitative estimate of drug-likeness (QED) is 0.251. The summed E-state index contributed by atoms with van der Waals surface area (Å²) in [6.07, 6.45) is 3.47. The molecule has 0 heterocycles. The molecule has 126 valence electrons. The Morgan fingerprint density at radius 2 is 1.71 bits per heavy atom. The van der Waals surface area contributed by atoms with Gasteiger partial charge < -0.3 is 10.2 Å². The van der Waals surface area contributed by atoms with Gasteiger partial charge in [0.2, 0.25) is 5.75 Å². The average molecular weight is 329 g/mol. The van der Waals surface area contributed by atoms with Gasteiger partial charge in [0.1, 0.15) is 0 Å². The number of nitro groups is 1. The summed E-state index contributed by atoms with van der Waals surface area (Å²) in [5, 5.41) is 29.9. The van der Waals surface area contributed by atoms with Crippen LogP contribution in [0, 0.1) is 10.1 Å². The van der Waals surface area contributed by atoms with Crippen molar-refractivity contribution in [2.24, 2.45) is 0 Å². The van der Waals surface area contributed by atoms with E-state index in [-0.39, 0.29) is 12.0 Å². The summed E-state index contributed by atoms with van der Waals surface area (Å²) < 4.78 is 0. The summed E-state index contributed by atoms with van der Waals surface area (Å²) in [6.45, 7) is 0. The van der Waals surface area contributed by atoms with Gasteiger partial charge in [0.15, 0.2) is 11.5 Å². The highest BCUT2D eigenvalue weighted by Gasteiger charge is 2.26. The van der Waals surface area contributed by atoms with E-state index in [1.807, 2.05) is 30.3 Å². The van der Waals surface area contributed by atoms with Crippen LogP contribution in [0.1, 0.15) is 41.6 Å². The molecule has 0 aliphatic rings. The Morgan fingerprint density at radius 1 is 1.00 bits per heavy atom. The first-order valence-electron chi connectivity index (χ1n) is 7.77. The fourth-order valence-corrected chi connectivity index (χ4v) is 2.55. The molecule has 0 bridgehead atoms. The molecule has 6 heteroatoms. The minimum atomic E-state index is -0.866. The number of rotatable bonds is 8. The van der Waals surface area contributed by atoms with E-state index in [1.165, 1.54) is 11.6 Å². The van der Waals surface area contributed by atoms with E-state index in [0.29, 0.717) is 6.42 Å². The second kappa shape index (κ2) is 8.10. The highest BCUT2D eigenvalue weighted by Crippen LogP contribution is 2.38. The number of phenols is 2. The van der Waals surface area contributed by atoms with Gasteiger partial charge in [-0.05, 0) is 37.0 Å². The van der Waals surface area contributed by atoms with Crippen LogP contribution in [0.5, 0.6) is 11.5 Å². The molecule has 0 radical (unpaired) electrons. The van der Waals surface area contributed by atoms with Crippen molar-refractivity contribution in [2.45, 2.75) is 32.1 Å². The minimum Gasteiger partial charge on any atom is -0.504 e. The van der Waals surface area contributed by atoms with Gasteiger partial charge in [0.05, 0.1) is 10.5 Å². The fraction of sp³-hybridized carbons (Fsp3) is 0.278. The number of unbranched alkanes of at least 4 members (excludes halogenated alkanes) is 2. The predicted molar refractivity (Wildman–Crippen MR) is 89.4 cm³/mol. The zero-order valence-electron chi connectivity index (χ0n) is 13.1. The summed E-state index contributed by atoms with van der Waals surface area (Å²) in [4.78, 5) is 22.3. The van der Waals surface area contributed by atoms with Crippen molar-refractivity contribution in [3.63, 3.8) is 0 Å². The second-order valence-corrected chi connectivity index (χ2v) is 5.56. The van der Waals surface area contributed by atoms with Gasteiger partial charge in [-0.3, -0.25) is 14.9 Å². The van der Waals surface area contributed by atoms with Crippen LogP contribution in [0.4, 0.5) is 5.69 Å². The molecule has 0 aromatic heterocycles. The van der Waals surface area contributed by atoms with Crippen molar-refractivity contribution in [1.29, 1.82) is 0 Å². The van der Waals surface area contributed by atoms with E-state index >= 15 is 0 Å². The van der Waals surface area contributed by atoms with Crippen molar-refractivity contribution in [2.75, 3.05) is 0 Å². The molecule has 6 nitrogen and oxygen atoms in total. The van der Waals surface area contributed by atoms with Gasteiger partial charge in [0, 0.05) is 6.42 Å². The van der Waals surface area contributed by atoms with Crippen LogP contribution in [0.25, 0.3) is 0 Å². The average Bonchev–Trinajstić information content (AvgIpc) is 2.57. The molecular formula is C18H19NO5. The first-order chi connectivity index (χ1) is 11.5. The first kappa shape index (κ1) is 17.5. The maximum Gasteiger partial charge on any atom is 0.325 e. The molecule has 0 saturated carbocycles. The number of hydrogen-bond donors (Lipinski definition) is 2. The lowest BCUT2D eigenvalue weighted by Crippen LogP contribution is -2.04. The van der Waals surface area contributed by atoms with Crippen LogP contribution in [0.15, 0.2) is 42.5 Å². The molecule has 0 saturated heterocycles. The predicted octanol–water partition coefficient (Wildman–Crippen LogP) is 3.99. The minimum absolute atomic E-state index is 0.167. The standard InChI is InChI=1S/C18H19NO5/c20-15(10-6-2-5-9-13-7-3-1-4-8-13)14-11-12-16(21)18(22)17(14)19(23)24/h1,3-4,7-8,11-12,21-22H,2,5-6,9-10H2. The molecule has 0 spiro atoms. The van der Waals surface area contributed by atoms with Gasteiger partial charge in [0.25, 0.3) is 0 Å². The molecule has 0 atom stereocenters.